The lowest BCUT2D eigenvalue weighted by atomic mass is 9.80. The van der Waals surface area contributed by atoms with Gasteiger partial charge in [0, 0.05) is 13.0 Å². The molecular formula is C11H19N5O3. The lowest BCUT2D eigenvalue weighted by Gasteiger charge is -2.28. The van der Waals surface area contributed by atoms with Crippen LogP contribution in [0.4, 0.5) is 0 Å². The van der Waals surface area contributed by atoms with Crippen molar-refractivity contribution >= 4 is 11.7 Å². The first-order chi connectivity index (χ1) is 9.10. The molecule has 106 valence electrons. The molecule has 0 aromatic carbocycles. The summed E-state index contributed by atoms with van der Waals surface area (Å²) in [7, 11) is 0. The van der Waals surface area contributed by atoms with Crippen molar-refractivity contribution in [3.8, 4) is 0 Å². The zero-order valence-corrected chi connectivity index (χ0v) is 11.1. The minimum Gasteiger partial charge on any atom is -0.409 e. The molecule has 1 aromatic heterocycles. The third-order valence-corrected chi connectivity index (χ3v) is 3.28. The molecule has 8 heteroatoms. The molecule has 1 aromatic rings. The lowest BCUT2D eigenvalue weighted by Crippen LogP contribution is -2.49. The van der Waals surface area contributed by atoms with Crippen LogP contribution in [0.1, 0.15) is 32.5 Å². The first-order valence-electron chi connectivity index (χ1n) is 6.12. The van der Waals surface area contributed by atoms with E-state index in [4.69, 9.17) is 10.9 Å². The van der Waals surface area contributed by atoms with E-state index in [-0.39, 0.29) is 11.7 Å². The molecule has 0 fully saturated rings. The van der Waals surface area contributed by atoms with Crippen LogP contribution >= 0.6 is 0 Å². The highest BCUT2D eigenvalue weighted by Gasteiger charge is 2.39. The maximum atomic E-state index is 12.2. The standard InChI is InChI=1S/C11H19N5O3/c1-3-11(4-2,9(12)15-18)10(17)13-6-5-8-14-7-19-16-8/h7,18H,3-6H2,1-2H3,(H2,12,15)(H,13,17). The van der Waals surface area contributed by atoms with Gasteiger partial charge in [-0.2, -0.15) is 4.98 Å². The molecule has 0 radical (unpaired) electrons. The summed E-state index contributed by atoms with van der Waals surface area (Å²) in [6.07, 6.45) is 2.60. The highest BCUT2D eigenvalue weighted by Crippen LogP contribution is 2.26. The van der Waals surface area contributed by atoms with Crippen molar-refractivity contribution in [2.24, 2.45) is 16.3 Å². The Morgan fingerprint density at radius 1 is 1.58 bits per heavy atom. The quantitative estimate of drug-likeness (QED) is 0.282. The number of amides is 1. The van der Waals surface area contributed by atoms with Gasteiger partial charge in [0.2, 0.25) is 12.3 Å². The number of nitrogens with two attached hydrogens (primary N) is 1. The number of nitrogens with zero attached hydrogens (tertiary/aromatic N) is 3. The van der Waals surface area contributed by atoms with Gasteiger partial charge in [0.05, 0.1) is 0 Å². The molecule has 0 aliphatic carbocycles. The van der Waals surface area contributed by atoms with Crippen molar-refractivity contribution in [3.63, 3.8) is 0 Å². The van der Waals surface area contributed by atoms with E-state index in [1.165, 1.54) is 6.39 Å². The Morgan fingerprint density at radius 3 is 2.74 bits per heavy atom. The van der Waals surface area contributed by atoms with Gasteiger partial charge >= 0.3 is 0 Å². The number of hydrogen-bond donors (Lipinski definition) is 3. The second-order valence-corrected chi connectivity index (χ2v) is 4.13. The van der Waals surface area contributed by atoms with Gasteiger partial charge in [-0.15, -0.1) is 0 Å². The van der Waals surface area contributed by atoms with Crippen molar-refractivity contribution in [2.45, 2.75) is 33.1 Å². The molecule has 1 rings (SSSR count). The number of carbonyl (C=O) groups excluding carboxylic acids is 1. The normalized spacial score (nSPS) is 12.4. The van der Waals surface area contributed by atoms with E-state index in [0.29, 0.717) is 31.6 Å². The molecular weight excluding hydrogens is 250 g/mol. The van der Waals surface area contributed by atoms with Crippen molar-refractivity contribution in [3.05, 3.63) is 12.2 Å². The Kier molecular flexibility index (Phi) is 5.28. The lowest BCUT2D eigenvalue weighted by molar-refractivity contribution is -0.127. The van der Waals surface area contributed by atoms with Gasteiger partial charge in [-0.1, -0.05) is 24.2 Å². The summed E-state index contributed by atoms with van der Waals surface area (Å²) in [6.45, 7) is 4.00. The predicted octanol–water partition coefficient (Wildman–Crippen LogP) is 0.281. The Labute approximate surface area is 111 Å². The highest BCUT2D eigenvalue weighted by molar-refractivity contribution is 6.06. The van der Waals surface area contributed by atoms with Crippen LogP contribution in [0.3, 0.4) is 0 Å². The second-order valence-electron chi connectivity index (χ2n) is 4.13. The maximum Gasteiger partial charge on any atom is 0.233 e. The van der Waals surface area contributed by atoms with Crippen LogP contribution in [0.15, 0.2) is 16.1 Å². The molecule has 0 spiro atoms. The monoisotopic (exact) mass is 269 g/mol. The molecule has 19 heavy (non-hydrogen) atoms. The van der Waals surface area contributed by atoms with Crippen molar-refractivity contribution in [1.82, 2.24) is 15.5 Å². The molecule has 0 bridgehead atoms. The largest absolute Gasteiger partial charge is 0.409 e. The van der Waals surface area contributed by atoms with Crippen LogP contribution in [0.25, 0.3) is 0 Å². The van der Waals surface area contributed by atoms with E-state index in [0.717, 1.165) is 0 Å². The van der Waals surface area contributed by atoms with Gasteiger partial charge in [0.25, 0.3) is 0 Å². The average Bonchev–Trinajstić information content (AvgIpc) is 2.93. The van der Waals surface area contributed by atoms with Gasteiger partial charge in [0.15, 0.2) is 11.7 Å². The predicted molar refractivity (Wildman–Crippen MR) is 67.4 cm³/mol. The summed E-state index contributed by atoms with van der Waals surface area (Å²) >= 11 is 0. The Morgan fingerprint density at radius 2 is 2.26 bits per heavy atom. The van der Waals surface area contributed by atoms with Crippen LogP contribution in [-0.4, -0.2) is 33.6 Å². The van der Waals surface area contributed by atoms with Gasteiger partial charge < -0.3 is 20.8 Å². The van der Waals surface area contributed by atoms with E-state index in [9.17, 15) is 4.79 Å². The molecule has 0 saturated carbocycles. The number of amidine groups is 1. The molecule has 8 nitrogen and oxygen atoms in total. The van der Waals surface area contributed by atoms with Gasteiger partial charge in [-0.25, -0.2) is 0 Å². The summed E-state index contributed by atoms with van der Waals surface area (Å²) in [5, 5.41) is 18.2. The average molecular weight is 269 g/mol. The van der Waals surface area contributed by atoms with Gasteiger partial charge in [0.1, 0.15) is 5.41 Å². The van der Waals surface area contributed by atoms with E-state index in [1.54, 1.807) is 0 Å². The van der Waals surface area contributed by atoms with Gasteiger partial charge in [-0.05, 0) is 12.8 Å². The second kappa shape index (κ2) is 6.72. The number of oxime groups is 1. The molecule has 0 unspecified atom stereocenters. The van der Waals surface area contributed by atoms with E-state index in [1.807, 2.05) is 13.8 Å². The fourth-order valence-corrected chi connectivity index (χ4v) is 1.90. The van der Waals surface area contributed by atoms with E-state index in [2.05, 4.69) is 25.1 Å². The number of nitrogens with one attached hydrogen (secondary N) is 1. The summed E-state index contributed by atoms with van der Waals surface area (Å²) in [5.41, 5.74) is 4.66. The fraction of sp³-hybridized carbons (Fsp3) is 0.636. The minimum atomic E-state index is -0.980. The number of rotatable bonds is 7. The topological polar surface area (TPSA) is 127 Å². The smallest absolute Gasteiger partial charge is 0.233 e. The van der Waals surface area contributed by atoms with Crippen LogP contribution in [0.2, 0.25) is 0 Å². The molecule has 4 N–H and O–H groups in total. The molecule has 0 aliphatic rings. The third kappa shape index (κ3) is 3.21. The maximum absolute atomic E-state index is 12.2. The SMILES string of the molecule is CCC(CC)(C(=O)NCCc1ncon1)C(N)=NO. The summed E-state index contributed by atoms with van der Waals surface area (Å²) in [6, 6.07) is 0. The zero-order chi connectivity index (χ0) is 14.3. The summed E-state index contributed by atoms with van der Waals surface area (Å²) < 4.78 is 4.59. The van der Waals surface area contributed by atoms with Crippen molar-refractivity contribution < 1.29 is 14.5 Å². The van der Waals surface area contributed by atoms with Crippen LogP contribution in [0, 0.1) is 5.41 Å². The molecule has 0 aliphatic heterocycles. The summed E-state index contributed by atoms with van der Waals surface area (Å²) in [5.74, 6) is 0.175. The molecule has 1 heterocycles. The first-order valence-corrected chi connectivity index (χ1v) is 6.12. The minimum absolute atomic E-state index is 0.0745. The number of hydrogen-bond acceptors (Lipinski definition) is 6. The van der Waals surface area contributed by atoms with E-state index >= 15 is 0 Å². The van der Waals surface area contributed by atoms with Gasteiger partial charge in [-0.3, -0.25) is 4.79 Å². The number of aromatic nitrogens is 2. The van der Waals surface area contributed by atoms with Crippen molar-refractivity contribution in [2.75, 3.05) is 6.54 Å². The Balaban J connectivity index is 2.63. The highest BCUT2D eigenvalue weighted by atomic mass is 16.5. The van der Waals surface area contributed by atoms with Crippen molar-refractivity contribution in [1.29, 1.82) is 0 Å². The van der Waals surface area contributed by atoms with Crippen LogP contribution in [-0.2, 0) is 11.2 Å². The number of carbonyl (C=O) groups is 1. The first kappa shape index (κ1) is 14.9. The Hall–Kier alpha value is -2.12. The van der Waals surface area contributed by atoms with E-state index < -0.39 is 5.41 Å². The molecule has 1 amide bonds. The molecule has 0 saturated heterocycles. The zero-order valence-electron chi connectivity index (χ0n) is 11.1. The molecule has 0 atom stereocenters. The fourth-order valence-electron chi connectivity index (χ4n) is 1.90. The summed E-state index contributed by atoms with van der Waals surface area (Å²) in [4.78, 5) is 16.1. The Bertz CT molecular complexity index is 426. The van der Waals surface area contributed by atoms with Crippen LogP contribution < -0.4 is 11.1 Å². The third-order valence-electron chi connectivity index (χ3n) is 3.28. The van der Waals surface area contributed by atoms with Crippen LogP contribution in [0.5, 0.6) is 0 Å².